The highest BCUT2D eigenvalue weighted by Gasteiger charge is 2.12. The van der Waals surface area contributed by atoms with Crippen LogP contribution in [0.15, 0.2) is 36.7 Å². The maximum Gasteiger partial charge on any atom is 0.253 e. The smallest absolute Gasteiger partial charge is 0.253 e. The van der Waals surface area contributed by atoms with Gasteiger partial charge in [0.15, 0.2) is 0 Å². The Morgan fingerprint density at radius 3 is 2.94 bits per heavy atom. The number of nitrogens with zero attached hydrogens (tertiary/aromatic N) is 2. The quantitative estimate of drug-likeness (QED) is 0.875. The number of aromatic amines is 1. The third-order valence-corrected chi connectivity index (χ3v) is 2.59. The zero-order valence-electron chi connectivity index (χ0n) is 9.97. The maximum absolute atomic E-state index is 12.1. The highest BCUT2D eigenvalue weighted by molar-refractivity contribution is 5.94. The molecule has 0 aliphatic carbocycles. The van der Waals surface area contributed by atoms with Gasteiger partial charge in [0, 0.05) is 30.9 Å². The largest absolute Gasteiger partial charge is 0.337 e. The molecule has 0 radical (unpaired) electrons. The number of rotatable bonds is 3. The van der Waals surface area contributed by atoms with Crippen LogP contribution in [0.3, 0.4) is 0 Å². The summed E-state index contributed by atoms with van der Waals surface area (Å²) in [5.74, 6) is 0.0231. The Balaban J connectivity index is 2.09. The fourth-order valence-corrected chi connectivity index (χ4v) is 1.71. The van der Waals surface area contributed by atoms with Gasteiger partial charge >= 0.3 is 0 Å². The van der Waals surface area contributed by atoms with E-state index in [2.05, 4.69) is 10.2 Å². The zero-order chi connectivity index (χ0) is 12.3. The molecule has 1 aromatic carbocycles. The Morgan fingerprint density at radius 2 is 2.29 bits per heavy atom. The maximum atomic E-state index is 12.1. The molecule has 0 fully saturated rings. The van der Waals surface area contributed by atoms with E-state index >= 15 is 0 Å². The summed E-state index contributed by atoms with van der Waals surface area (Å²) in [6.45, 7) is 2.54. The number of benzene rings is 1. The molecule has 17 heavy (non-hydrogen) atoms. The van der Waals surface area contributed by atoms with Crippen molar-refractivity contribution in [1.82, 2.24) is 15.1 Å². The molecule has 1 heterocycles. The lowest BCUT2D eigenvalue weighted by atomic mass is 10.1. The van der Waals surface area contributed by atoms with Crippen molar-refractivity contribution in [2.45, 2.75) is 13.5 Å². The van der Waals surface area contributed by atoms with Crippen molar-refractivity contribution in [1.29, 1.82) is 0 Å². The molecular weight excluding hydrogens is 214 g/mol. The zero-order valence-corrected chi connectivity index (χ0v) is 9.97. The van der Waals surface area contributed by atoms with Crippen LogP contribution >= 0.6 is 0 Å². The standard InChI is InChI=1S/C13H15N3O/c1-10-4-3-5-12(6-10)13(17)16(2)9-11-7-14-15-8-11/h3-8H,9H2,1-2H3,(H,14,15). The van der Waals surface area contributed by atoms with Gasteiger partial charge in [0.25, 0.3) is 5.91 Å². The minimum atomic E-state index is 0.0231. The number of amides is 1. The summed E-state index contributed by atoms with van der Waals surface area (Å²) in [4.78, 5) is 13.8. The van der Waals surface area contributed by atoms with Gasteiger partial charge in [0.1, 0.15) is 0 Å². The van der Waals surface area contributed by atoms with Gasteiger partial charge in [-0.05, 0) is 19.1 Å². The van der Waals surface area contributed by atoms with Crippen LogP contribution in [0.25, 0.3) is 0 Å². The SMILES string of the molecule is Cc1cccc(C(=O)N(C)Cc2cn[nH]c2)c1. The highest BCUT2D eigenvalue weighted by Crippen LogP contribution is 2.09. The van der Waals surface area contributed by atoms with Gasteiger partial charge in [-0.3, -0.25) is 9.89 Å². The minimum Gasteiger partial charge on any atom is -0.337 e. The summed E-state index contributed by atoms with van der Waals surface area (Å²) >= 11 is 0. The number of hydrogen-bond acceptors (Lipinski definition) is 2. The second kappa shape index (κ2) is 4.82. The summed E-state index contributed by atoms with van der Waals surface area (Å²) in [5.41, 5.74) is 2.80. The lowest BCUT2D eigenvalue weighted by Crippen LogP contribution is -2.26. The van der Waals surface area contributed by atoms with E-state index in [0.717, 1.165) is 16.7 Å². The molecule has 0 aliphatic rings. The van der Waals surface area contributed by atoms with Gasteiger partial charge in [-0.2, -0.15) is 5.10 Å². The van der Waals surface area contributed by atoms with Crippen LogP contribution in [-0.4, -0.2) is 28.1 Å². The van der Waals surface area contributed by atoms with Crippen LogP contribution in [0.5, 0.6) is 0 Å². The van der Waals surface area contributed by atoms with E-state index in [1.54, 1.807) is 24.3 Å². The van der Waals surface area contributed by atoms with Crippen LogP contribution in [0.1, 0.15) is 21.5 Å². The first-order valence-electron chi connectivity index (χ1n) is 5.46. The number of nitrogens with one attached hydrogen (secondary N) is 1. The van der Waals surface area contributed by atoms with Crippen LogP contribution in [0.2, 0.25) is 0 Å². The van der Waals surface area contributed by atoms with Gasteiger partial charge in [0.2, 0.25) is 0 Å². The van der Waals surface area contributed by atoms with Crippen LogP contribution in [0, 0.1) is 6.92 Å². The average Bonchev–Trinajstić information content (AvgIpc) is 2.80. The average molecular weight is 229 g/mol. The predicted molar refractivity (Wildman–Crippen MR) is 65.6 cm³/mol. The summed E-state index contributed by atoms with van der Waals surface area (Å²) in [7, 11) is 1.79. The molecule has 0 spiro atoms. The first-order chi connectivity index (χ1) is 8.16. The van der Waals surface area contributed by atoms with Crippen molar-refractivity contribution in [3.63, 3.8) is 0 Å². The summed E-state index contributed by atoms with van der Waals surface area (Å²) in [5, 5.41) is 6.59. The fraction of sp³-hybridized carbons (Fsp3) is 0.231. The number of hydrogen-bond donors (Lipinski definition) is 1. The number of carbonyl (C=O) groups is 1. The molecule has 1 aromatic heterocycles. The molecule has 2 aromatic rings. The molecule has 4 nitrogen and oxygen atoms in total. The molecule has 4 heteroatoms. The van der Waals surface area contributed by atoms with E-state index in [1.807, 2.05) is 31.2 Å². The molecule has 0 bridgehead atoms. The van der Waals surface area contributed by atoms with Gasteiger partial charge in [-0.15, -0.1) is 0 Å². The van der Waals surface area contributed by atoms with Gasteiger partial charge in [0.05, 0.1) is 6.20 Å². The Kier molecular flexibility index (Phi) is 3.23. The normalized spacial score (nSPS) is 10.2. The van der Waals surface area contributed by atoms with Crippen molar-refractivity contribution in [3.8, 4) is 0 Å². The number of carbonyl (C=O) groups excluding carboxylic acids is 1. The van der Waals surface area contributed by atoms with E-state index in [0.29, 0.717) is 6.54 Å². The van der Waals surface area contributed by atoms with Gasteiger partial charge in [-0.1, -0.05) is 17.7 Å². The number of aryl methyl sites for hydroxylation is 1. The minimum absolute atomic E-state index is 0.0231. The van der Waals surface area contributed by atoms with Crippen molar-refractivity contribution < 1.29 is 4.79 Å². The number of aromatic nitrogens is 2. The van der Waals surface area contributed by atoms with Crippen LogP contribution in [-0.2, 0) is 6.54 Å². The van der Waals surface area contributed by atoms with Crippen LogP contribution in [0.4, 0.5) is 0 Å². The lowest BCUT2D eigenvalue weighted by molar-refractivity contribution is 0.0785. The predicted octanol–water partition coefficient (Wildman–Crippen LogP) is 1.99. The van der Waals surface area contributed by atoms with Gasteiger partial charge < -0.3 is 4.90 Å². The number of H-pyrrole nitrogens is 1. The van der Waals surface area contributed by atoms with Gasteiger partial charge in [-0.25, -0.2) is 0 Å². The van der Waals surface area contributed by atoms with Crippen molar-refractivity contribution >= 4 is 5.91 Å². The third-order valence-electron chi connectivity index (χ3n) is 2.59. The van der Waals surface area contributed by atoms with E-state index in [9.17, 15) is 4.79 Å². The van der Waals surface area contributed by atoms with E-state index in [4.69, 9.17) is 0 Å². The Labute approximate surface area is 100 Å². The molecule has 1 N–H and O–H groups in total. The second-order valence-corrected chi connectivity index (χ2v) is 4.14. The van der Waals surface area contributed by atoms with Crippen molar-refractivity contribution in [2.24, 2.45) is 0 Å². The van der Waals surface area contributed by atoms with E-state index < -0.39 is 0 Å². The molecular formula is C13H15N3O. The summed E-state index contributed by atoms with van der Waals surface area (Å²) in [6, 6.07) is 7.61. The van der Waals surface area contributed by atoms with Crippen LogP contribution < -0.4 is 0 Å². The van der Waals surface area contributed by atoms with E-state index in [1.165, 1.54) is 0 Å². The molecule has 0 saturated carbocycles. The Hall–Kier alpha value is -2.10. The van der Waals surface area contributed by atoms with Crippen molar-refractivity contribution in [2.75, 3.05) is 7.05 Å². The second-order valence-electron chi connectivity index (χ2n) is 4.14. The van der Waals surface area contributed by atoms with E-state index in [-0.39, 0.29) is 5.91 Å². The molecule has 88 valence electrons. The third kappa shape index (κ3) is 2.72. The first-order valence-corrected chi connectivity index (χ1v) is 5.46. The fourth-order valence-electron chi connectivity index (χ4n) is 1.71. The molecule has 0 unspecified atom stereocenters. The monoisotopic (exact) mass is 229 g/mol. The molecule has 1 amide bonds. The van der Waals surface area contributed by atoms with Crippen molar-refractivity contribution in [3.05, 3.63) is 53.3 Å². The molecule has 0 atom stereocenters. The highest BCUT2D eigenvalue weighted by atomic mass is 16.2. The topological polar surface area (TPSA) is 49.0 Å². The molecule has 0 saturated heterocycles. The molecule has 0 aliphatic heterocycles. The lowest BCUT2D eigenvalue weighted by Gasteiger charge is -2.16. The summed E-state index contributed by atoms with van der Waals surface area (Å²) < 4.78 is 0. The first kappa shape index (κ1) is 11.4. The summed E-state index contributed by atoms with van der Waals surface area (Å²) in [6.07, 6.45) is 3.51. The Morgan fingerprint density at radius 1 is 1.47 bits per heavy atom. The molecule has 2 rings (SSSR count). The Bertz CT molecular complexity index is 505.